The standard InChI is InChI=1S/C18H21N3/c1-13-6-7-18-17(11-13)16(14(2)21-18)8-10-19-12-15-5-3-4-9-20-15/h3-7,9,11,19,21H,8,10,12H2,1-2H3/p+1. The molecule has 3 heteroatoms. The van der Waals surface area contributed by atoms with E-state index in [1.807, 2.05) is 18.3 Å². The maximum Gasteiger partial charge on any atom is 0.118 e. The monoisotopic (exact) mass is 280 g/mol. The van der Waals surface area contributed by atoms with E-state index in [2.05, 4.69) is 53.4 Å². The normalized spacial score (nSPS) is 11.1. The number of H-pyrrole nitrogens is 1. The zero-order valence-electron chi connectivity index (χ0n) is 12.7. The van der Waals surface area contributed by atoms with Gasteiger partial charge in [-0.25, -0.2) is 0 Å². The van der Waals surface area contributed by atoms with Gasteiger partial charge in [-0.1, -0.05) is 17.7 Å². The van der Waals surface area contributed by atoms with Gasteiger partial charge >= 0.3 is 0 Å². The summed E-state index contributed by atoms with van der Waals surface area (Å²) in [5.41, 5.74) is 6.45. The van der Waals surface area contributed by atoms with Gasteiger partial charge in [-0.3, -0.25) is 4.98 Å². The summed E-state index contributed by atoms with van der Waals surface area (Å²) in [6, 6.07) is 12.7. The molecule has 0 amide bonds. The third-order valence-electron chi connectivity index (χ3n) is 3.95. The van der Waals surface area contributed by atoms with E-state index in [-0.39, 0.29) is 0 Å². The highest BCUT2D eigenvalue weighted by molar-refractivity contribution is 5.85. The molecule has 3 N–H and O–H groups in total. The molecule has 0 atom stereocenters. The van der Waals surface area contributed by atoms with E-state index in [9.17, 15) is 0 Å². The smallest absolute Gasteiger partial charge is 0.118 e. The van der Waals surface area contributed by atoms with Crippen molar-refractivity contribution < 1.29 is 5.32 Å². The number of rotatable bonds is 5. The third kappa shape index (κ3) is 3.14. The number of hydrogen-bond acceptors (Lipinski definition) is 1. The summed E-state index contributed by atoms with van der Waals surface area (Å²) in [6.45, 7) is 6.35. The van der Waals surface area contributed by atoms with Gasteiger partial charge in [0.15, 0.2) is 0 Å². The Morgan fingerprint density at radius 2 is 2.05 bits per heavy atom. The Kier molecular flexibility index (Phi) is 4.02. The van der Waals surface area contributed by atoms with Gasteiger partial charge in [0.05, 0.1) is 12.2 Å². The zero-order valence-corrected chi connectivity index (χ0v) is 12.7. The Morgan fingerprint density at radius 1 is 1.14 bits per heavy atom. The van der Waals surface area contributed by atoms with Crippen molar-refractivity contribution in [1.82, 2.24) is 9.97 Å². The number of aromatic nitrogens is 2. The van der Waals surface area contributed by atoms with E-state index in [0.29, 0.717) is 0 Å². The van der Waals surface area contributed by atoms with E-state index < -0.39 is 0 Å². The van der Waals surface area contributed by atoms with Crippen LogP contribution in [0.15, 0.2) is 42.6 Å². The average molecular weight is 280 g/mol. The summed E-state index contributed by atoms with van der Waals surface area (Å²) < 4.78 is 0. The van der Waals surface area contributed by atoms with Crippen LogP contribution in [0.4, 0.5) is 0 Å². The summed E-state index contributed by atoms with van der Waals surface area (Å²) in [5, 5.41) is 3.70. The minimum atomic E-state index is 0.946. The molecule has 0 spiro atoms. The zero-order chi connectivity index (χ0) is 14.7. The molecule has 108 valence electrons. The van der Waals surface area contributed by atoms with Crippen LogP contribution in [-0.4, -0.2) is 16.5 Å². The number of aryl methyl sites for hydroxylation is 2. The topological polar surface area (TPSA) is 45.3 Å². The Bertz CT molecular complexity index is 729. The van der Waals surface area contributed by atoms with E-state index in [1.165, 1.54) is 27.7 Å². The van der Waals surface area contributed by atoms with Gasteiger partial charge in [0.2, 0.25) is 0 Å². The van der Waals surface area contributed by atoms with Gasteiger partial charge in [0, 0.05) is 29.2 Å². The van der Waals surface area contributed by atoms with Crippen LogP contribution in [0.5, 0.6) is 0 Å². The highest BCUT2D eigenvalue weighted by atomic mass is 14.9. The predicted molar refractivity (Wildman–Crippen MR) is 86.2 cm³/mol. The fourth-order valence-electron chi connectivity index (χ4n) is 2.83. The van der Waals surface area contributed by atoms with Gasteiger partial charge in [-0.2, -0.15) is 0 Å². The summed E-state index contributed by atoms with van der Waals surface area (Å²) in [7, 11) is 0. The van der Waals surface area contributed by atoms with Gasteiger partial charge < -0.3 is 10.3 Å². The molecule has 0 aliphatic carbocycles. The number of hydrogen-bond donors (Lipinski definition) is 2. The molecular formula is C18H22N3+. The van der Waals surface area contributed by atoms with Crippen LogP contribution < -0.4 is 5.32 Å². The maximum atomic E-state index is 4.35. The lowest BCUT2D eigenvalue weighted by molar-refractivity contribution is -0.670. The molecule has 3 rings (SSSR count). The first kappa shape index (κ1) is 13.8. The fourth-order valence-corrected chi connectivity index (χ4v) is 2.83. The number of nitrogens with one attached hydrogen (secondary N) is 1. The fraction of sp³-hybridized carbons (Fsp3) is 0.278. The highest BCUT2D eigenvalue weighted by Crippen LogP contribution is 2.23. The Balaban J connectivity index is 1.65. The van der Waals surface area contributed by atoms with E-state index >= 15 is 0 Å². The first-order chi connectivity index (χ1) is 10.2. The molecule has 1 aromatic carbocycles. The molecule has 3 aromatic rings. The molecule has 2 aromatic heterocycles. The molecule has 0 aliphatic heterocycles. The van der Waals surface area contributed by atoms with Crippen molar-refractivity contribution in [2.45, 2.75) is 26.8 Å². The molecule has 0 aliphatic rings. The number of nitrogens with two attached hydrogens (primary N) is 1. The summed E-state index contributed by atoms with van der Waals surface area (Å²) >= 11 is 0. The Morgan fingerprint density at radius 3 is 2.86 bits per heavy atom. The Hall–Kier alpha value is -2.13. The van der Waals surface area contributed by atoms with E-state index in [4.69, 9.17) is 0 Å². The minimum absolute atomic E-state index is 0.946. The summed E-state index contributed by atoms with van der Waals surface area (Å²) in [6.07, 6.45) is 2.94. The van der Waals surface area contributed by atoms with Crippen LogP contribution in [-0.2, 0) is 13.0 Å². The molecule has 0 unspecified atom stereocenters. The lowest BCUT2D eigenvalue weighted by atomic mass is 10.1. The molecule has 3 nitrogen and oxygen atoms in total. The van der Waals surface area contributed by atoms with Crippen molar-refractivity contribution >= 4 is 10.9 Å². The van der Waals surface area contributed by atoms with Crippen LogP contribution in [0.3, 0.4) is 0 Å². The number of aromatic amines is 1. The number of fused-ring (bicyclic) bond motifs is 1. The van der Waals surface area contributed by atoms with Crippen LogP contribution in [0.1, 0.15) is 22.5 Å². The van der Waals surface area contributed by atoms with Crippen LogP contribution >= 0.6 is 0 Å². The minimum Gasteiger partial charge on any atom is -0.358 e. The first-order valence-electron chi connectivity index (χ1n) is 7.53. The molecule has 2 heterocycles. The molecular weight excluding hydrogens is 258 g/mol. The quantitative estimate of drug-likeness (QED) is 0.693. The second-order valence-electron chi connectivity index (χ2n) is 5.63. The third-order valence-corrected chi connectivity index (χ3v) is 3.95. The average Bonchev–Trinajstić information content (AvgIpc) is 2.80. The van der Waals surface area contributed by atoms with Crippen molar-refractivity contribution in [1.29, 1.82) is 0 Å². The molecule has 0 saturated heterocycles. The molecule has 0 fully saturated rings. The second kappa shape index (κ2) is 6.10. The van der Waals surface area contributed by atoms with Crippen LogP contribution in [0.25, 0.3) is 10.9 Å². The van der Waals surface area contributed by atoms with Crippen molar-refractivity contribution in [3.63, 3.8) is 0 Å². The van der Waals surface area contributed by atoms with Crippen molar-refractivity contribution in [2.75, 3.05) is 6.54 Å². The largest absolute Gasteiger partial charge is 0.358 e. The SMILES string of the molecule is Cc1ccc2[nH]c(C)c(CC[NH2+]Cc3ccccn3)c2c1. The second-order valence-corrected chi connectivity index (χ2v) is 5.63. The predicted octanol–water partition coefficient (Wildman–Crippen LogP) is 2.49. The van der Waals surface area contributed by atoms with Crippen molar-refractivity contribution in [2.24, 2.45) is 0 Å². The number of benzene rings is 1. The maximum absolute atomic E-state index is 4.35. The van der Waals surface area contributed by atoms with Crippen LogP contribution in [0.2, 0.25) is 0 Å². The number of quaternary nitrogens is 1. The van der Waals surface area contributed by atoms with Crippen molar-refractivity contribution in [3.8, 4) is 0 Å². The number of pyridine rings is 1. The van der Waals surface area contributed by atoms with E-state index in [1.54, 1.807) is 0 Å². The Labute approximate surface area is 125 Å². The van der Waals surface area contributed by atoms with Crippen molar-refractivity contribution in [3.05, 3.63) is 65.1 Å². The lowest BCUT2D eigenvalue weighted by Gasteiger charge is -2.03. The lowest BCUT2D eigenvalue weighted by Crippen LogP contribution is -2.83. The first-order valence-corrected chi connectivity index (χ1v) is 7.53. The van der Waals surface area contributed by atoms with Gasteiger partial charge in [-0.15, -0.1) is 0 Å². The van der Waals surface area contributed by atoms with Gasteiger partial charge in [0.25, 0.3) is 0 Å². The molecule has 0 bridgehead atoms. The molecule has 0 radical (unpaired) electrons. The van der Waals surface area contributed by atoms with E-state index in [0.717, 1.165) is 25.2 Å². The summed E-state index contributed by atoms with van der Waals surface area (Å²) in [5.74, 6) is 0. The number of nitrogens with zero attached hydrogens (tertiary/aromatic N) is 1. The van der Waals surface area contributed by atoms with Crippen LogP contribution in [0, 0.1) is 13.8 Å². The molecule has 21 heavy (non-hydrogen) atoms. The molecule has 0 saturated carbocycles. The van der Waals surface area contributed by atoms with Gasteiger partial charge in [0.1, 0.15) is 6.54 Å². The summed E-state index contributed by atoms with van der Waals surface area (Å²) in [4.78, 5) is 7.84. The van der Waals surface area contributed by atoms with Gasteiger partial charge in [-0.05, 0) is 43.7 Å². The highest BCUT2D eigenvalue weighted by Gasteiger charge is 2.09.